The minimum Gasteiger partial charge on any atom is -0.477 e. The highest BCUT2D eigenvalue weighted by Crippen LogP contribution is 2.40. The van der Waals surface area contributed by atoms with Crippen molar-refractivity contribution in [2.45, 2.75) is 80.8 Å². The molecule has 0 bridgehead atoms. The van der Waals surface area contributed by atoms with Gasteiger partial charge >= 0.3 is 15.5 Å². The van der Waals surface area contributed by atoms with Gasteiger partial charge in [-0.2, -0.15) is 17.5 Å². The molecule has 10 rings (SSSR count). The zero-order valence-electron chi connectivity index (χ0n) is 50.1. The fourth-order valence-corrected chi connectivity index (χ4v) is 13.9. The van der Waals surface area contributed by atoms with Crippen molar-refractivity contribution >= 4 is 111 Å². The van der Waals surface area contributed by atoms with Gasteiger partial charge < -0.3 is 30.2 Å². The summed E-state index contributed by atoms with van der Waals surface area (Å²) < 4.78 is 109. The van der Waals surface area contributed by atoms with E-state index in [9.17, 15) is 39.6 Å². The zero-order valence-corrected chi connectivity index (χ0v) is 54.8. The van der Waals surface area contributed by atoms with E-state index >= 15 is 0 Å². The van der Waals surface area contributed by atoms with Crippen LogP contribution in [0.15, 0.2) is 146 Å². The van der Waals surface area contributed by atoms with Gasteiger partial charge in [-0.3, -0.25) is 9.59 Å². The molecule has 0 unspecified atom stereocenters. The number of ether oxygens (including phenoxy) is 3. The van der Waals surface area contributed by atoms with E-state index in [0.717, 1.165) is 44.5 Å². The fourth-order valence-electron chi connectivity index (χ4n) is 11.6. The molecule has 16 nitrogen and oxygen atoms in total. The average Bonchev–Trinajstić information content (AvgIpc) is 0.910. The molecular formula is C67H68Cl4F3N7O9S2. The number of benzene rings is 6. The second-order valence-corrected chi connectivity index (χ2v) is 28.4. The van der Waals surface area contributed by atoms with E-state index in [0.29, 0.717) is 84.7 Å². The number of pyridine rings is 2. The van der Waals surface area contributed by atoms with E-state index in [1.807, 2.05) is 133 Å². The molecule has 2 fully saturated rings. The maximum absolute atomic E-state index is 13.5. The van der Waals surface area contributed by atoms with Gasteiger partial charge in [0, 0.05) is 130 Å². The van der Waals surface area contributed by atoms with Crippen LogP contribution < -0.4 is 25.4 Å². The standard InChI is InChI=1S/C67H68Cl4F3N7O9S2/c1-91(84,85)80-31-24-53(25-32-80)76-60-41-63(78-58-22-12-47(39-56(58)60)65(43-4-14-49(68)15-5-43)44-6-16-50(69)17-7-44)89-36-28-55(82)3-2-35-88-38-30-75-62(83)29-37-90-64-42-61(77-54-26-33-81(34-27-54)92(86,87)67(72,73)74)57-40-48(13-23-59(57)79-64)66(45-8-18-51(70)19-9-45)46-10-20-52(71)21-11-46/h4-23,39-42,53-54,65-66H,2-3,24-38H2,1H3,(H,75,83)(H,76,78)(H,77,79). The van der Waals surface area contributed by atoms with Gasteiger partial charge in [-0.15, -0.1) is 0 Å². The van der Waals surface area contributed by atoms with Crippen LogP contribution in [-0.2, 0) is 34.4 Å². The van der Waals surface area contributed by atoms with Crippen LogP contribution in [0.4, 0.5) is 24.5 Å². The van der Waals surface area contributed by atoms with Crippen molar-refractivity contribution in [3.63, 3.8) is 0 Å². The molecule has 92 heavy (non-hydrogen) atoms. The predicted octanol–water partition coefficient (Wildman–Crippen LogP) is 14.0. The minimum atomic E-state index is -5.49. The number of anilines is 2. The lowest BCUT2D eigenvalue weighted by molar-refractivity contribution is -0.121. The van der Waals surface area contributed by atoms with Crippen molar-refractivity contribution in [2.24, 2.45) is 0 Å². The normalized spacial score (nSPS) is 14.9. The third kappa shape index (κ3) is 17.7. The Balaban J connectivity index is 0.710. The number of hydrogen-bond acceptors (Lipinski definition) is 13. The number of fused-ring (bicyclic) bond motifs is 2. The van der Waals surface area contributed by atoms with E-state index < -0.39 is 31.6 Å². The van der Waals surface area contributed by atoms with Gasteiger partial charge in [0.15, 0.2) is 0 Å². The van der Waals surface area contributed by atoms with Crippen molar-refractivity contribution in [2.75, 3.05) is 76.0 Å². The molecule has 0 saturated carbocycles. The second-order valence-electron chi connectivity index (χ2n) is 22.8. The molecule has 25 heteroatoms. The van der Waals surface area contributed by atoms with E-state index in [2.05, 4.69) is 22.0 Å². The Morgan fingerprint density at radius 1 is 0.533 bits per heavy atom. The largest absolute Gasteiger partial charge is 0.511 e. The summed E-state index contributed by atoms with van der Waals surface area (Å²) in [5.41, 5.74) is 2.97. The molecule has 0 radical (unpaired) electrons. The molecule has 0 atom stereocenters. The lowest BCUT2D eigenvalue weighted by atomic mass is 9.84. The molecule has 1 amide bonds. The summed E-state index contributed by atoms with van der Waals surface area (Å²) in [7, 11) is -8.81. The molecular weight excluding hydrogens is 1310 g/mol. The molecule has 0 spiro atoms. The summed E-state index contributed by atoms with van der Waals surface area (Å²) in [6, 6.07) is 45.4. The van der Waals surface area contributed by atoms with Crippen molar-refractivity contribution < 1.29 is 53.8 Å². The molecule has 486 valence electrons. The highest BCUT2D eigenvalue weighted by atomic mass is 35.5. The zero-order chi connectivity index (χ0) is 65.2. The maximum Gasteiger partial charge on any atom is 0.511 e. The molecule has 2 aliphatic rings. The summed E-state index contributed by atoms with van der Waals surface area (Å²) in [5, 5.41) is 13.9. The molecule has 6 aromatic carbocycles. The second kappa shape index (κ2) is 30.5. The lowest BCUT2D eigenvalue weighted by Gasteiger charge is -2.32. The quantitative estimate of drug-likeness (QED) is 0.0325. The Labute approximate surface area is 553 Å². The molecule has 8 aromatic rings. The summed E-state index contributed by atoms with van der Waals surface area (Å²) in [6.45, 7) is 0.864. The number of ketones is 1. The van der Waals surface area contributed by atoms with Gasteiger partial charge in [0.1, 0.15) is 5.78 Å². The number of sulfonamides is 2. The highest BCUT2D eigenvalue weighted by Gasteiger charge is 2.50. The first kappa shape index (κ1) is 68.1. The predicted molar refractivity (Wildman–Crippen MR) is 356 cm³/mol. The van der Waals surface area contributed by atoms with Crippen LogP contribution in [0, 0.1) is 0 Å². The minimum absolute atomic E-state index is 0.0212. The molecule has 4 heterocycles. The number of alkyl halides is 3. The third-order valence-electron chi connectivity index (χ3n) is 16.3. The van der Waals surface area contributed by atoms with Gasteiger partial charge in [-0.1, -0.05) is 107 Å². The van der Waals surface area contributed by atoms with Crippen LogP contribution in [0.25, 0.3) is 21.8 Å². The molecule has 2 aliphatic heterocycles. The number of Topliss-reactive ketones (excluding diaryl/α,β-unsaturated/α-hetero) is 1. The summed E-state index contributed by atoms with van der Waals surface area (Å²) in [6.07, 6.45) is 3.44. The SMILES string of the molecule is CS(=O)(=O)N1CCC(Nc2cc(OCCC(=O)CCCOCCNC(=O)CCOc3cc(NC4CCN(S(=O)(=O)C(F)(F)F)CC4)c4cc(C(c5ccc(Cl)cc5)c5ccc(Cl)cc5)ccc4n3)nc3ccc(C(c4ccc(Cl)cc4)c4ccc(Cl)cc4)cc23)CC1. The monoisotopic (exact) mass is 1380 g/mol. The van der Waals surface area contributed by atoms with Crippen molar-refractivity contribution in [1.82, 2.24) is 23.9 Å². The fraction of sp³-hybridized carbons (Fsp3) is 0.343. The van der Waals surface area contributed by atoms with Crippen LogP contribution in [0.3, 0.4) is 0 Å². The number of rotatable bonds is 27. The van der Waals surface area contributed by atoms with Crippen LogP contribution in [0.5, 0.6) is 11.8 Å². The topological polar surface area (TPSA) is 198 Å². The Kier molecular flexibility index (Phi) is 22.6. The van der Waals surface area contributed by atoms with Gasteiger partial charge in [0.25, 0.3) is 0 Å². The van der Waals surface area contributed by atoms with Crippen molar-refractivity contribution in [3.05, 3.63) is 199 Å². The smallest absolute Gasteiger partial charge is 0.477 e. The lowest BCUT2D eigenvalue weighted by Crippen LogP contribution is -2.47. The maximum atomic E-state index is 13.5. The van der Waals surface area contributed by atoms with Gasteiger partial charge in [-0.05, 0) is 138 Å². The van der Waals surface area contributed by atoms with Crippen LogP contribution >= 0.6 is 46.4 Å². The number of piperidine rings is 2. The number of hydrogen-bond donors (Lipinski definition) is 3. The molecule has 2 aromatic heterocycles. The van der Waals surface area contributed by atoms with E-state index in [4.69, 9.17) is 70.6 Å². The number of nitrogens with zero attached hydrogens (tertiary/aromatic N) is 4. The number of carbonyl (C=O) groups is 2. The number of aromatic nitrogens is 2. The summed E-state index contributed by atoms with van der Waals surface area (Å²) >= 11 is 25.2. The third-order valence-corrected chi connectivity index (χ3v) is 20.3. The van der Waals surface area contributed by atoms with E-state index in [1.54, 1.807) is 6.07 Å². The van der Waals surface area contributed by atoms with Gasteiger partial charge in [0.2, 0.25) is 27.7 Å². The van der Waals surface area contributed by atoms with E-state index in [1.165, 1.54) is 10.6 Å². The number of nitrogens with one attached hydrogen (secondary N) is 3. The summed E-state index contributed by atoms with van der Waals surface area (Å²) in [5.74, 6) is -0.237. The Hall–Kier alpha value is -6.79. The molecule has 3 N–H and O–H groups in total. The number of halogens is 7. The van der Waals surface area contributed by atoms with Gasteiger partial charge in [-0.25, -0.2) is 31.1 Å². The number of carbonyl (C=O) groups excluding carboxylic acids is 2. The van der Waals surface area contributed by atoms with Crippen molar-refractivity contribution in [3.8, 4) is 11.8 Å². The van der Waals surface area contributed by atoms with Gasteiger partial charge in [0.05, 0.1) is 43.5 Å². The first-order valence-corrected chi connectivity index (χ1v) is 34.9. The first-order valence-electron chi connectivity index (χ1n) is 30.1. The Morgan fingerprint density at radius 2 is 0.924 bits per heavy atom. The van der Waals surface area contributed by atoms with Crippen LogP contribution in [-0.4, -0.2) is 130 Å². The first-order chi connectivity index (χ1) is 44.0. The van der Waals surface area contributed by atoms with E-state index in [-0.39, 0.29) is 114 Å². The average molecular weight is 1380 g/mol. The summed E-state index contributed by atoms with van der Waals surface area (Å²) in [4.78, 5) is 35.6. The van der Waals surface area contributed by atoms with Crippen LogP contribution in [0.1, 0.15) is 96.6 Å². The Morgan fingerprint density at radius 3 is 1.33 bits per heavy atom. The number of amides is 1. The van der Waals surface area contributed by atoms with Crippen molar-refractivity contribution in [1.29, 1.82) is 0 Å². The van der Waals surface area contributed by atoms with Crippen LogP contribution in [0.2, 0.25) is 20.1 Å². The Bertz CT molecular complexity index is 4020. The molecule has 0 aliphatic carbocycles. The highest BCUT2D eigenvalue weighted by molar-refractivity contribution is 7.90. The molecule has 2 saturated heterocycles.